The van der Waals surface area contributed by atoms with E-state index >= 15 is 0 Å². The molecule has 1 aromatic carbocycles. The highest BCUT2D eigenvalue weighted by atomic mass is 127. The van der Waals surface area contributed by atoms with Gasteiger partial charge in [0.2, 0.25) is 0 Å². The highest BCUT2D eigenvalue weighted by Crippen LogP contribution is 2.10. The van der Waals surface area contributed by atoms with Gasteiger partial charge in [-0.25, -0.2) is 0 Å². The SMILES string of the molecule is CN=C(NCCCN(C)C)NCc1ccccc1Cn1cccn1.I. The molecule has 2 rings (SSSR count). The number of nitrogens with one attached hydrogen (secondary N) is 2. The van der Waals surface area contributed by atoms with Crippen molar-refractivity contribution in [1.82, 2.24) is 25.3 Å². The molecule has 0 atom stereocenters. The summed E-state index contributed by atoms with van der Waals surface area (Å²) in [5, 5.41) is 11.0. The predicted molar refractivity (Wildman–Crippen MR) is 115 cm³/mol. The summed E-state index contributed by atoms with van der Waals surface area (Å²) in [5.41, 5.74) is 2.51. The zero-order chi connectivity index (χ0) is 17.2. The summed E-state index contributed by atoms with van der Waals surface area (Å²) in [6.45, 7) is 3.49. The van der Waals surface area contributed by atoms with Crippen molar-refractivity contribution >= 4 is 29.9 Å². The van der Waals surface area contributed by atoms with Crippen molar-refractivity contribution in [3.05, 3.63) is 53.9 Å². The summed E-state index contributed by atoms with van der Waals surface area (Å²) in [6.07, 6.45) is 4.87. The standard InChI is InChI=1S/C18H28N6.HI/c1-19-18(20-10-6-12-23(2)3)21-14-16-8-4-5-9-17(16)15-24-13-7-11-22-24;/h4-5,7-9,11,13H,6,10,12,14-15H2,1-3H3,(H2,19,20,21);1H. The second kappa shape index (κ2) is 11.9. The van der Waals surface area contributed by atoms with E-state index < -0.39 is 0 Å². The maximum absolute atomic E-state index is 4.29. The Morgan fingerprint density at radius 1 is 1.16 bits per heavy atom. The van der Waals surface area contributed by atoms with Gasteiger partial charge in [0, 0.05) is 32.5 Å². The van der Waals surface area contributed by atoms with E-state index in [0.717, 1.165) is 38.6 Å². The third-order valence-corrected chi connectivity index (χ3v) is 3.75. The van der Waals surface area contributed by atoms with Crippen molar-refractivity contribution in [3.8, 4) is 0 Å². The Morgan fingerprint density at radius 3 is 2.56 bits per heavy atom. The molecule has 0 aliphatic carbocycles. The van der Waals surface area contributed by atoms with Crippen molar-refractivity contribution in [1.29, 1.82) is 0 Å². The Hall–Kier alpha value is -1.61. The van der Waals surface area contributed by atoms with Gasteiger partial charge in [0.05, 0.1) is 6.54 Å². The van der Waals surface area contributed by atoms with Crippen LogP contribution in [0.3, 0.4) is 0 Å². The number of benzene rings is 1. The van der Waals surface area contributed by atoms with Gasteiger partial charge in [-0.3, -0.25) is 9.67 Å². The molecule has 25 heavy (non-hydrogen) atoms. The second-order valence-corrected chi connectivity index (χ2v) is 5.98. The van der Waals surface area contributed by atoms with Crippen LogP contribution >= 0.6 is 24.0 Å². The van der Waals surface area contributed by atoms with E-state index in [2.05, 4.69) is 64.0 Å². The average molecular weight is 456 g/mol. The van der Waals surface area contributed by atoms with Crippen LogP contribution in [-0.2, 0) is 13.1 Å². The monoisotopic (exact) mass is 456 g/mol. The van der Waals surface area contributed by atoms with Crippen LogP contribution < -0.4 is 10.6 Å². The smallest absolute Gasteiger partial charge is 0.191 e. The highest BCUT2D eigenvalue weighted by molar-refractivity contribution is 14.0. The van der Waals surface area contributed by atoms with Crippen LogP contribution in [0, 0.1) is 0 Å². The van der Waals surface area contributed by atoms with E-state index in [1.54, 1.807) is 13.2 Å². The quantitative estimate of drug-likeness (QED) is 0.277. The summed E-state index contributed by atoms with van der Waals surface area (Å²) in [4.78, 5) is 6.47. The lowest BCUT2D eigenvalue weighted by atomic mass is 10.1. The molecule has 2 N–H and O–H groups in total. The Labute approximate surface area is 167 Å². The normalized spacial score (nSPS) is 11.3. The third-order valence-electron chi connectivity index (χ3n) is 3.75. The topological polar surface area (TPSA) is 57.5 Å². The number of nitrogens with zero attached hydrogens (tertiary/aromatic N) is 4. The van der Waals surface area contributed by atoms with Crippen molar-refractivity contribution in [2.75, 3.05) is 34.2 Å². The van der Waals surface area contributed by atoms with Crippen LogP contribution in [0.5, 0.6) is 0 Å². The van der Waals surface area contributed by atoms with Gasteiger partial charge in [0.1, 0.15) is 0 Å². The van der Waals surface area contributed by atoms with Gasteiger partial charge < -0.3 is 15.5 Å². The van der Waals surface area contributed by atoms with E-state index in [0.29, 0.717) is 0 Å². The van der Waals surface area contributed by atoms with Crippen LogP contribution in [0.4, 0.5) is 0 Å². The molecule has 138 valence electrons. The fourth-order valence-corrected chi connectivity index (χ4v) is 2.45. The summed E-state index contributed by atoms with van der Waals surface area (Å²) < 4.78 is 1.94. The van der Waals surface area contributed by atoms with Crippen LogP contribution in [-0.4, -0.2) is 54.9 Å². The molecule has 0 aliphatic rings. The lowest BCUT2D eigenvalue weighted by molar-refractivity contribution is 0.399. The molecule has 0 aliphatic heterocycles. The van der Waals surface area contributed by atoms with E-state index in [1.165, 1.54) is 11.1 Å². The number of aliphatic imine (C=N–C) groups is 1. The molecule has 0 fully saturated rings. The van der Waals surface area contributed by atoms with Crippen LogP contribution in [0.15, 0.2) is 47.7 Å². The lowest BCUT2D eigenvalue weighted by Crippen LogP contribution is -2.38. The minimum Gasteiger partial charge on any atom is -0.356 e. The Bertz CT molecular complexity index is 624. The van der Waals surface area contributed by atoms with Gasteiger partial charge in [-0.05, 0) is 44.3 Å². The fourth-order valence-electron chi connectivity index (χ4n) is 2.45. The molecule has 0 radical (unpaired) electrons. The molecule has 1 heterocycles. The van der Waals surface area contributed by atoms with Crippen molar-refractivity contribution in [2.24, 2.45) is 4.99 Å². The largest absolute Gasteiger partial charge is 0.356 e. The van der Waals surface area contributed by atoms with Crippen molar-refractivity contribution in [3.63, 3.8) is 0 Å². The molecule has 0 spiro atoms. The zero-order valence-electron chi connectivity index (χ0n) is 15.3. The van der Waals surface area contributed by atoms with Crippen LogP contribution in [0.2, 0.25) is 0 Å². The first-order valence-corrected chi connectivity index (χ1v) is 8.32. The van der Waals surface area contributed by atoms with Gasteiger partial charge >= 0.3 is 0 Å². The molecule has 6 nitrogen and oxygen atoms in total. The van der Waals surface area contributed by atoms with E-state index in [1.807, 2.05) is 16.9 Å². The number of halogens is 1. The van der Waals surface area contributed by atoms with Gasteiger partial charge in [-0.15, -0.1) is 24.0 Å². The van der Waals surface area contributed by atoms with Crippen molar-refractivity contribution in [2.45, 2.75) is 19.5 Å². The number of rotatable bonds is 8. The Morgan fingerprint density at radius 2 is 1.92 bits per heavy atom. The Balaban J connectivity index is 0.00000312. The van der Waals surface area contributed by atoms with Gasteiger partial charge in [-0.1, -0.05) is 24.3 Å². The summed E-state index contributed by atoms with van der Waals surface area (Å²) in [7, 11) is 5.98. The molecule has 0 amide bonds. The first kappa shape index (κ1) is 21.4. The number of hydrogen-bond acceptors (Lipinski definition) is 3. The van der Waals surface area contributed by atoms with Gasteiger partial charge in [0.25, 0.3) is 0 Å². The van der Waals surface area contributed by atoms with Gasteiger partial charge in [-0.2, -0.15) is 5.10 Å². The molecule has 0 unspecified atom stereocenters. The summed E-state index contributed by atoms with van der Waals surface area (Å²) in [5.74, 6) is 0.836. The second-order valence-electron chi connectivity index (χ2n) is 5.98. The minimum absolute atomic E-state index is 0. The van der Waals surface area contributed by atoms with Crippen LogP contribution in [0.1, 0.15) is 17.5 Å². The first-order chi connectivity index (χ1) is 11.7. The molecule has 0 saturated heterocycles. The fraction of sp³-hybridized carbons (Fsp3) is 0.444. The first-order valence-electron chi connectivity index (χ1n) is 8.32. The maximum Gasteiger partial charge on any atom is 0.191 e. The van der Waals surface area contributed by atoms with Crippen LogP contribution in [0.25, 0.3) is 0 Å². The molecule has 1 aromatic heterocycles. The Kier molecular flexibility index (Phi) is 10.2. The average Bonchev–Trinajstić information content (AvgIpc) is 3.08. The number of hydrogen-bond donors (Lipinski definition) is 2. The van der Waals surface area contributed by atoms with Crippen molar-refractivity contribution < 1.29 is 0 Å². The minimum atomic E-state index is 0. The molecule has 2 aromatic rings. The summed E-state index contributed by atoms with van der Waals surface area (Å²) in [6, 6.07) is 10.4. The van der Waals surface area contributed by atoms with E-state index in [9.17, 15) is 0 Å². The lowest BCUT2D eigenvalue weighted by Gasteiger charge is -2.15. The third kappa shape index (κ3) is 7.87. The molecular formula is C18H29IN6. The molecule has 7 heteroatoms. The number of guanidine groups is 1. The zero-order valence-corrected chi connectivity index (χ0v) is 17.6. The summed E-state index contributed by atoms with van der Waals surface area (Å²) >= 11 is 0. The maximum atomic E-state index is 4.29. The van der Waals surface area contributed by atoms with E-state index in [-0.39, 0.29) is 24.0 Å². The van der Waals surface area contributed by atoms with E-state index in [4.69, 9.17) is 0 Å². The highest BCUT2D eigenvalue weighted by Gasteiger charge is 2.04. The number of aromatic nitrogens is 2. The molecule has 0 bridgehead atoms. The molecular weight excluding hydrogens is 427 g/mol. The van der Waals surface area contributed by atoms with Gasteiger partial charge in [0.15, 0.2) is 5.96 Å². The predicted octanol–water partition coefficient (Wildman–Crippen LogP) is 2.17. The molecule has 0 saturated carbocycles.